The maximum Gasteiger partial charge on any atom is 0.0208 e. The molecular formula is C20H25N. The lowest BCUT2D eigenvalue weighted by Gasteiger charge is -2.08. The molecule has 1 saturated carbocycles. The predicted octanol–water partition coefficient (Wildman–Crippen LogP) is 4.80. The molecule has 0 unspecified atom stereocenters. The van der Waals surface area contributed by atoms with E-state index in [4.69, 9.17) is 0 Å². The number of nitrogens with one attached hydrogen (secondary N) is 1. The Morgan fingerprint density at radius 3 is 1.86 bits per heavy atom. The topological polar surface area (TPSA) is 12.0 Å². The first-order valence-corrected chi connectivity index (χ1v) is 8.12. The van der Waals surface area contributed by atoms with Gasteiger partial charge in [0.05, 0.1) is 0 Å². The van der Waals surface area contributed by atoms with Gasteiger partial charge < -0.3 is 5.32 Å². The highest BCUT2D eigenvalue weighted by atomic mass is 14.9. The van der Waals surface area contributed by atoms with Crippen molar-refractivity contribution in [2.45, 2.75) is 45.7 Å². The normalized spacial score (nSPS) is 14.6. The van der Waals surface area contributed by atoms with Crippen LogP contribution in [0.4, 0.5) is 0 Å². The van der Waals surface area contributed by atoms with Crippen molar-refractivity contribution in [2.75, 3.05) is 0 Å². The Bertz CT molecular complexity index is 562. The Labute approximate surface area is 128 Å². The van der Waals surface area contributed by atoms with E-state index in [2.05, 4.69) is 67.7 Å². The lowest BCUT2D eigenvalue weighted by Crippen LogP contribution is -2.14. The van der Waals surface area contributed by atoms with Gasteiger partial charge in [0.25, 0.3) is 0 Å². The molecular weight excluding hydrogens is 254 g/mol. The van der Waals surface area contributed by atoms with Gasteiger partial charge in [-0.1, -0.05) is 62.4 Å². The summed E-state index contributed by atoms with van der Waals surface area (Å²) in [7, 11) is 0. The van der Waals surface area contributed by atoms with Crippen molar-refractivity contribution in [3.63, 3.8) is 0 Å². The molecule has 1 heteroatoms. The molecule has 1 aliphatic carbocycles. The second-order valence-corrected chi connectivity index (χ2v) is 6.65. The summed E-state index contributed by atoms with van der Waals surface area (Å²) in [6, 6.07) is 18.8. The van der Waals surface area contributed by atoms with Gasteiger partial charge in [0.15, 0.2) is 0 Å². The van der Waals surface area contributed by atoms with E-state index >= 15 is 0 Å². The summed E-state index contributed by atoms with van der Waals surface area (Å²) in [6.07, 6.45) is 3.85. The Morgan fingerprint density at radius 1 is 0.857 bits per heavy atom. The number of benzene rings is 2. The van der Waals surface area contributed by atoms with Crippen LogP contribution in [-0.4, -0.2) is 6.04 Å². The number of hydrogen-bond donors (Lipinski definition) is 1. The van der Waals surface area contributed by atoms with Crippen LogP contribution in [0.15, 0.2) is 48.5 Å². The van der Waals surface area contributed by atoms with Gasteiger partial charge >= 0.3 is 0 Å². The molecule has 0 spiro atoms. The molecule has 1 aliphatic rings. The highest BCUT2D eigenvalue weighted by Gasteiger charge is 2.19. The predicted molar refractivity (Wildman–Crippen MR) is 90.3 cm³/mol. The molecule has 0 bridgehead atoms. The van der Waals surface area contributed by atoms with E-state index < -0.39 is 0 Å². The molecule has 2 aromatic carbocycles. The largest absolute Gasteiger partial charge is 0.310 e. The molecule has 1 fully saturated rings. The summed E-state index contributed by atoms with van der Waals surface area (Å²) in [5, 5.41) is 3.56. The van der Waals surface area contributed by atoms with Crippen molar-refractivity contribution in [1.29, 1.82) is 0 Å². The standard InChI is InChI=1S/C20H25N/c1-15(2)13-16-3-7-18(8-4-16)19-9-5-17(6-10-19)14-21-20-11-12-20/h3-10,15,20-21H,11-14H2,1-2H3. The van der Waals surface area contributed by atoms with Crippen LogP contribution in [0.1, 0.15) is 37.8 Å². The van der Waals surface area contributed by atoms with Crippen LogP contribution in [-0.2, 0) is 13.0 Å². The molecule has 1 N–H and O–H groups in total. The zero-order chi connectivity index (χ0) is 14.7. The average Bonchev–Trinajstić information content (AvgIpc) is 3.30. The fourth-order valence-corrected chi connectivity index (χ4v) is 2.67. The zero-order valence-electron chi connectivity index (χ0n) is 13.1. The van der Waals surface area contributed by atoms with Crippen molar-refractivity contribution < 1.29 is 0 Å². The third-order valence-corrected chi connectivity index (χ3v) is 4.06. The van der Waals surface area contributed by atoms with Crippen molar-refractivity contribution in [2.24, 2.45) is 5.92 Å². The summed E-state index contributed by atoms with van der Waals surface area (Å²) in [5.74, 6) is 0.717. The van der Waals surface area contributed by atoms with Crippen LogP contribution in [0.5, 0.6) is 0 Å². The average molecular weight is 279 g/mol. The molecule has 1 nitrogen and oxygen atoms in total. The van der Waals surface area contributed by atoms with E-state index in [1.54, 1.807) is 0 Å². The Hall–Kier alpha value is -1.60. The maximum absolute atomic E-state index is 3.56. The fraction of sp³-hybridized carbons (Fsp3) is 0.400. The third-order valence-electron chi connectivity index (χ3n) is 4.06. The van der Waals surface area contributed by atoms with Crippen LogP contribution in [0, 0.1) is 5.92 Å². The molecule has 0 heterocycles. The summed E-state index contributed by atoms with van der Waals surface area (Å²) < 4.78 is 0. The Kier molecular flexibility index (Phi) is 4.40. The van der Waals surface area contributed by atoms with E-state index in [0.717, 1.165) is 19.0 Å². The van der Waals surface area contributed by atoms with Gasteiger partial charge in [0, 0.05) is 12.6 Å². The Balaban J connectivity index is 1.64. The summed E-state index contributed by atoms with van der Waals surface area (Å²) >= 11 is 0. The summed E-state index contributed by atoms with van der Waals surface area (Å²) in [6.45, 7) is 5.53. The minimum atomic E-state index is 0.717. The quantitative estimate of drug-likeness (QED) is 0.800. The molecule has 110 valence electrons. The maximum atomic E-state index is 3.56. The van der Waals surface area contributed by atoms with Crippen molar-refractivity contribution in [1.82, 2.24) is 5.32 Å². The smallest absolute Gasteiger partial charge is 0.0208 e. The SMILES string of the molecule is CC(C)Cc1ccc(-c2ccc(CNC3CC3)cc2)cc1. The monoisotopic (exact) mass is 279 g/mol. The van der Waals surface area contributed by atoms with Gasteiger partial charge in [0.2, 0.25) is 0 Å². The molecule has 0 radical (unpaired) electrons. The van der Waals surface area contributed by atoms with E-state index in [1.165, 1.54) is 35.1 Å². The van der Waals surface area contributed by atoms with Crippen LogP contribution in [0.25, 0.3) is 11.1 Å². The van der Waals surface area contributed by atoms with Crippen LogP contribution >= 0.6 is 0 Å². The van der Waals surface area contributed by atoms with Gasteiger partial charge in [-0.05, 0) is 47.4 Å². The van der Waals surface area contributed by atoms with E-state index in [9.17, 15) is 0 Å². The molecule has 0 aromatic heterocycles. The minimum absolute atomic E-state index is 0.717. The van der Waals surface area contributed by atoms with E-state index in [0.29, 0.717) is 5.92 Å². The molecule has 3 rings (SSSR count). The lowest BCUT2D eigenvalue weighted by atomic mass is 9.98. The molecule has 2 aromatic rings. The number of hydrogen-bond acceptors (Lipinski definition) is 1. The van der Waals surface area contributed by atoms with Crippen molar-refractivity contribution >= 4 is 0 Å². The Morgan fingerprint density at radius 2 is 1.38 bits per heavy atom. The van der Waals surface area contributed by atoms with Crippen LogP contribution < -0.4 is 5.32 Å². The molecule has 0 amide bonds. The van der Waals surface area contributed by atoms with Crippen molar-refractivity contribution in [3.8, 4) is 11.1 Å². The molecule has 0 saturated heterocycles. The second kappa shape index (κ2) is 6.44. The first-order valence-electron chi connectivity index (χ1n) is 8.12. The summed E-state index contributed by atoms with van der Waals surface area (Å²) in [5.41, 5.74) is 5.42. The molecule has 0 atom stereocenters. The highest BCUT2D eigenvalue weighted by molar-refractivity contribution is 5.63. The van der Waals surface area contributed by atoms with Gasteiger partial charge in [-0.15, -0.1) is 0 Å². The fourth-order valence-electron chi connectivity index (χ4n) is 2.67. The molecule has 21 heavy (non-hydrogen) atoms. The lowest BCUT2D eigenvalue weighted by molar-refractivity contribution is 0.647. The first kappa shape index (κ1) is 14.3. The van der Waals surface area contributed by atoms with Crippen LogP contribution in [0.3, 0.4) is 0 Å². The van der Waals surface area contributed by atoms with Gasteiger partial charge in [0.1, 0.15) is 0 Å². The first-order chi connectivity index (χ1) is 10.2. The minimum Gasteiger partial charge on any atom is -0.310 e. The number of rotatable bonds is 6. The molecule has 0 aliphatic heterocycles. The third kappa shape index (κ3) is 4.18. The van der Waals surface area contributed by atoms with Gasteiger partial charge in [-0.25, -0.2) is 0 Å². The summed E-state index contributed by atoms with van der Waals surface area (Å²) in [4.78, 5) is 0. The van der Waals surface area contributed by atoms with Crippen LogP contribution in [0.2, 0.25) is 0 Å². The van der Waals surface area contributed by atoms with E-state index in [1.807, 2.05) is 0 Å². The van der Waals surface area contributed by atoms with Gasteiger partial charge in [-0.2, -0.15) is 0 Å². The van der Waals surface area contributed by atoms with Crippen molar-refractivity contribution in [3.05, 3.63) is 59.7 Å². The van der Waals surface area contributed by atoms with Gasteiger partial charge in [-0.3, -0.25) is 0 Å². The zero-order valence-corrected chi connectivity index (χ0v) is 13.1. The highest BCUT2D eigenvalue weighted by Crippen LogP contribution is 2.22. The van der Waals surface area contributed by atoms with E-state index in [-0.39, 0.29) is 0 Å². The second-order valence-electron chi connectivity index (χ2n) is 6.65.